The van der Waals surface area contributed by atoms with E-state index in [0.29, 0.717) is 11.7 Å². The molecule has 1 aromatic carbocycles. The molecule has 2 nitrogen and oxygen atoms in total. The average Bonchev–Trinajstić information content (AvgIpc) is 3.26. The molecule has 5 heteroatoms. The first kappa shape index (κ1) is 17.2. The number of benzene rings is 1. The van der Waals surface area contributed by atoms with Crippen molar-refractivity contribution in [1.29, 1.82) is 0 Å². The van der Waals surface area contributed by atoms with Crippen LogP contribution < -0.4 is 0 Å². The van der Waals surface area contributed by atoms with Crippen LogP contribution in [-0.4, -0.2) is 22.9 Å². The minimum Gasteiger partial charge on any atom is -0.347 e. The number of aryl methyl sites for hydroxylation is 1. The molecule has 2 aromatic rings. The Morgan fingerprint density at radius 2 is 1.96 bits per heavy atom. The Kier molecular flexibility index (Phi) is 5.00. The van der Waals surface area contributed by atoms with Crippen LogP contribution in [0.3, 0.4) is 0 Å². The van der Waals surface area contributed by atoms with E-state index < -0.39 is 0 Å². The fraction of sp³-hybridized carbons (Fsp3) is 0.389. The van der Waals surface area contributed by atoms with Gasteiger partial charge in [0, 0.05) is 49.8 Å². The average molecular weight is 410 g/mol. The summed E-state index contributed by atoms with van der Waals surface area (Å²) in [4.78, 5) is 12.7. The third-order valence-corrected chi connectivity index (χ3v) is 7.44. The number of hydrogen-bond acceptors (Lipinski definition) is 3. The van der Waals surface area contributed by atoms with Crippen molar-refractivity contribution in [1.82, 2.24) is 4.57 Å². The first-order valence-electron chi connectivity index (χ1n) is 7.55. The molecule has 1 aliphatic rings. The van der Waals surface area contributed by atoms with Gasteiger partial charge in [0.2, 0.25) is 0 Å². The van der Waals surface area contributed by atoms with Gasteiger partial charge in [-0.25, -0.2) is 0 Å². The second-order valence-corrected chi connectivity index (χ2v) is 8.77. The molecule has 0 saturated heterocycles. The molecule has 1 fully saturated rings. The van der Waals surface area contributed by atoms with Crippen LogP contribution in [0.1, 0.15) is 25.0 Å². The third kappa shape index (κ3) is 3.15. The van der Waals surface area contributed by atoms with E-state index in [1.165, 1.54) is 16.6 Å². The molecule has 0 radical (unpaired) electrons. The maximum atomic E-state index is 12.7. The number of aromatic nitrogens is 1. The van der Waals surface area contributed by atoms with Gasteiger partial charge in [0.25, 0.3) is 0 Å². The first-order valence-corrected chi connectivity index (χ1v) is 10.8. The van der Waals surface area contributed by atoms with E-state index in [1.54, 1.807) is 23.5 Å². The summed E-state index contributed by atoms with van der Waals surface area (Å²) < 4.78 is 4.47. The Morgan fingerprint density at radius 3 is 2.61 bits per heavy atom. The number of thioether (sulfide) groups is 2. The molecule has 2 atom stereocenters. The summed E-state index contributed by atoms with van der Waals surface area (Å²) in [6, 6.07) is 8.58. The SMILES string of the molecule is CSC(SC)=C(C)C(=O)C1CC1c1cc2cc(Br)ccc2n1C. The summed E-state index contributed by atoms with van der Waals surface area (Å²) in [6.45, 7) is 1.97. The van der Waals surface area contributed by atoms with E-state index in [0.717, 1.165) is 20.7 Å². The molecule has 0 N–H and O–H groups in total. The number of Topliss-reactive ketones (excluding diaryl/α,β-unsaturated/α-hetero) is 1. The minimum atomic E-state index is 0.149. The van der Waals surface area contributed by atoms with Crippen LogP contribution in [0.5, 0.6) is 0 Å². The normalized spacial score (nSPS) is 19.9. The zero-order chi connectivity index (χ0) is 16.7. The predicted octanol–water partition coefficient (Wildman–Crippen LogP) is 5.57. The van der Waals surface area contributed by atoms with Crippen LogP contribution >= 0.6 is 39.5 Å². The lowest BCUT2D eigenvalue weighted by Crippen LogP contribution is -2.06. The lowest BCUT2D eigenvalue weighted by molar-refractivity contribution is -0.116. The summed E-state index contributed by atoms with van der Waals surface area (Å²) in [5.74, 6) is 0.828. The number of halogens is 1. The molecule has 0 spiro atoms. The Morgan fingerprint density at radius 1 is 1.26 bits per heavy atom. The van der Waals surface area contributed by atoms with Crippen molar-refractivity contribution in [2.75, 3.05) is 12.5 Å². The molecule has 1 aliphatic carbocycles. The quantitative estimate of drug-likeness (QED) is 0.602. The second-order valence-electron chi connectivity index (χ2n) is 5.97. The van der Waals surface area contributed by atoms with Gasteiger partial charge in [0.1, 0.15) is 0 Å². The van der Waals surface area contributed by atoms with Crippen LogP contribution in [0.4, 0.5) is 0 Å². The van der Waals surface area contributed by atoms with E-state index in [9.17, 15) is 4.79 Å². The summed E-state index contributed by atoms with van der Waals surface area (Å²) in [5, 5.41) is 1.23. The van der Waals surface area contributed by atoms with E-state index in [4.69, 9.17) is 0 Å². The standard InChI is InChI=1S/C18H20BrNOS2/c1-10(18(22-3)23-4)17(21)14-9-13(14)16-8-11-7-12(19)5-6-15(11)20(16)2/h5-8,13-14H,9H2,1-4H3. The molecular formula is C18H20BrNOS2. The highest BCUT2D eigenvalue weighted by molar-refractivity contribution is 9.10. The van der Waals surface area contributed by atoms with Crippen LogP contribution in [0.2, 0.25) is 0 Å². The largest absolute Gasteiger partial charge is 0.347 e. The third-order valence-electron chi connectivity index (χ3n) is 4.60. The maximum absolute atomic E-state index is 12.7. The molecule has 1 aromatic heterocycles. The van der Waals surface area contributed by atoms with Gasteiger partial charge in [-0.3, -0.25) is 4.79 Å². The van der Waals surface area contributed by atoms with Crippen molar-refractivity contribution in [2.24, 2.45) is 13.0 Å². The van der Waals surface area contributed by atoms with Gasteiger partial charge in [0.15, 0.2) is 5.78 Å². The summed E-state index contributed by atoms with van der Waals surface area (Å²) in [5.41, 5.74) is 3.43. The van der Waals surface area contributed by atoms with Crippen molar-refractivity contribution in [2.45, 2.75) is 19.3 Å². The highest BCUT2D eigenvalue weighted by Gasteiger charge is 2.45. The van der Waals surface area contributed by atoms with Crippen molar-refractivity contribution >= 4 is 56.1 Å². The molecule has 2 unspecified atom stereocenters. The highest BCUT2D eigenvalue weighted by atomic mass is 79.9. The fourth-order valence-corrected chi connectivity index (χ4v) is 5.14. The monoisotopic (exact) mass is 409 g/mol. The Bertz CT molecular complexity index is 803. The van der Waals surface area contributed by atoms with Crippen LogP contribution in [0, 0.1) is 5.92 Å². The smallest absolute Gasteiger partial charge is 0.163 e. The van der Waals surface area contributed by atoms with E-state index in [1.807, 2.05) is 19.4 Å². The van der Waals surface area contributed by atoms with Gasteiger partial charge in [-0.05, 0) is 50.1 Å². The molecular weight excluding hydrogens is 390 g/mol. The van der Waals surface area contributed by atoms with Gasteiger partial charge in [-0.15, -0.1) is 23.5 Å². The molecule has 1 saturated carbocycles. The van der Waals surface area contributed by atoms with Crippen LogP contribution in [0.25, 0.3) is 10.9 Å². The molecule has 23 heavy (non-hydrogen) atoms. The van der Waals surface area contributed by atoms with Crippen molar-refractivity contribution < 1.29 is 4.79 Å². The number of fused-ring (bicyclic) bond motifs is 1. The minimum absolute atomic E-state index is 0.149. The molecule has 3 rings (SSSR count). The van der Waals surface area contributed by atoms with Crippen molar-refractivity contribution in [3.05, 3.63) is 44.2 Å². The number of allylic oxidation sites excluding steroid dienone is 1. The van der Waals surface area contributed by atoms with E-state index in [-0.39, 0.29) is 5.92 Å². The van der Waals surface area contributed by atoms with E-state index in [2.05, 4.69) is 51.8 Å². The van der Waals surface area contributed by atoms with Gasteiger partial charge >= 0.3 is 0 Å². The molecule has 0 aliphatic heterocycles. The van der Waals surface area contributed by atoms with Crippen LogP contribution in [0.15, 0.2) is 38.5 Å². The maximum Gasteiger partial charge on any atom is 0.163 e. The van der Waals surface area contributed by atoms with Crippen molar-refractivity contribution in [3.63, 3.8) is 0 Å². The van der Waals surface area contributed by atoms with Gasteiger partial charge in [-0.1, -0.05) is 15.9 Å². The zero-order valence-electron chi connectivity index (χ0n) is 13.7. The second kappa shape index (κ2) is 6.69. The molecule has 0 amide bonds. The predicted molar refractivity (Wildman–Crippen MR) is 106 cm³/mol. The number of hydrogen-bond donors (Lipinski definition) is 0. The zero-order valence-corrected chi connectivity index (χ0v) is 16.9. The Hall–Kier alpha value is -0.650. The van der Waals surface area contributed by atoms with Gasteiger partial charge in [0.05, 0.1) is 0 Å². The number of carbonyl (C=O) groups excluding carboxylic acids is 1. The van der Waals surface area contributed by atoms with Crippen LogP contribution in [-0.2, 0) is 11.8 Å². The topological polar surface area (TPSA) is 22.0 Å². The summed E-state index contributed by atoms with van der Waals surface area (Å²) in [7, 11) is 2.10. The molecule has 1 heterocycles. The fourth-order valence-electron chi connectivity index (χ4n) is 3.28. The Balaban J connectivity index is 1.88. The first-order chi connectivity index (χ1) is 11.0. The van der Waals surface area contributed by atoms with Gasteiger partial charge < -0.3 is 4.57 Å². The molecule has 122 valence electrons. The number of nitrogens with zero attached hydrogens (tertiary/aromatic N) is 1. The number of carbonyl (C=O) groups is 1. The Labute approximate surface area is 154 Å². The number of ketones is 1. The summed E-state index contributed by atoms with van der Waals surface area (Å²) >= 11 is 6.87. The van der Waals surface area contributed by atoms with E-state index >= 15 is 0 Å². The molecule has 0 bridgehead atoms. The van der Waals surface area contributed by atoms with Gasteiger partial charge in [-0.2, -0.15) is 0 Å². The van der Waals surface area contributed by atoms with Crippen molar-refractivity contribution in [3.8, 4) is 0 Å². The highest BCUT2D eigenvalue weighted by Crippen LogP contribution is 2.50. The lowest BCUT2D eigenvalue weighted by Gasteiger charge is -2.07. The number of rotatable bonds is 5. The summed E-state index contributed by atoms with van der Waals surface area (Å²) in [6.07, 6.45) is 5.04. The lowest BCUT2D eigenvalue weighted by atomic mass is 10.1.